The van der Waals surface area contributed by atoms with E-state index in [4.69, 9.17) is 5.73 Å². The van der Waals surface area contributed by atoms with Gasteiger partial charge in [0, 0.05) is 31.2 Å². The van der Waals surface area contributed by atoms with E-state index in [0.717, 1.165) is 59.1 Å². The van der Waals surface area contributed by atoms with Gasteiger partial charge in [-0.2, -0.15) is 5.10 Å². The summed E-state index contributed by atoms with van der Waals surface area (Å²) in [6, 6.07) is 18.5. The number of carbonyl (C=O) groups excluding carboxylic acids is 2. The van der Waals surface area contributed by atoms with E-state index in [1.165, 1.54) is 0 Å². The molecule has 2 amide bonds. The van der Waals surface area contributed by atoms with Gasteiger partial charge < -0.3 is 16.4 Å². The zero-order chi connectivity index (χ0) is 25.8. The third-order valence-electron chi connectivity index (χ3n) is 7.20. The van der Waals surface area contributed by atoms with Crippen LogP contribution in [0.3, 0.4) is 0 Å². The largest absolute Gasteiger partial charge is 0.381 e. The maximum Gasteiger partial charge on any atom is 0.255 e. The number of nitrogens with one attached hydrogen (secondary N) is 2. The molecule has 0 spiro atoms. The molecule has 1 aliphatic rings. The molecule has 2 heterocycles. The van der Waals surface area contributed by atoms with E-state index < -0.39 is 0 Å². The molecule has 5 rings (SSSR count). The topological polar surface area (TPSA) is 115 Å². The molecule has 1 aliphatic carbocycles. The Hall–Kier alpha value is -4.20. The van der Waals surface area contributed by atoms with Crippen LogP contribution in [-0.2, 0) is 17.9 Å². The second-order valence-electron chi connectivity index (χ2n) is 9.59. The van der Waals surface area contributed by atoms with Crippen molar-refractivity contribution in [3.8, 4) is 11.1 Å². The molecule has 8 nitrogen and oxygen atoms in total. The van der Waals surface area contributed by atoms with Crippen molar-refractivity contribution in [2.75, 3.05) is 5.32 Å². The zero-order valence-corrected chi connectivity index (χ0v) is 21.0. The molecule has 2 aromatic heterocycles. The molecule has 1 fully saturated rings. The molecule has 2 aromatic carbocycles. The number of carbonyl (C=O) groups is 2. The van der Waals surface area contributed by atoms with E-state index in [-0.39, 0.29) is 23.8 Å². The van der Waals surface area contributed by atoms with Gasteiger partial charge in [0.05, 0.1) is 22.8 Å². The van der Waals surface area contributed by atoms with Gasteiger partial charge >= 0.3 is 0 Å². The van der Waals surface area contributed by atoms with Crippen LogP contribution in [0.2, 0.25) is 0 Å². The van der Waals surface area contributed by atoms with Crippen LogP contribution >= 0.6 is 0 Å². The van der Waals surface area contributed by atoms with E-state index >= 15 is 0 Å². The predicted octanol–water partition coefficient (Wildman–Crippen LogP) is 4.50. The number of nitrogens with zero attached hydrogens (tertiary/aromatic N) is 3. The maximum absolute atomic E-state index is 13.4. The Morgan fingerprint density at radius 2 is 1.68 bits per heavy atom. The molecule has 190 valence electrons. The average Bonchev–Trinajstić information content (AvgIpc) is 3.37. The van der Waals surface area contributed by atoms with Crippen molar-refractivity contribution in [1.29, 1.82) is 0 Å². The molecule has 0 atom stereocenters. The molecular weight excluding hydrogens is 464 g/mol. The van der Waals surface area contributed by atoms with Gasteiger partial charge in [0.1, 0.15) is 0 Å². The number of amides is 2. The van der Waals surface area contributed by atoms with Crippen LogP contribution in [0.4, 0.5) is 5.69 Å². The molecule has 4 aromatic rings. The lowest BCUT2D eigenvalue weighted by Crippen LogP contribution is -2.33. The number of pyridine rings is 1. The van der Waals surface area contributed by atoms with Crippen molar-refractivity contribution < 1.29 is 9.59 Å². The van der Waals surface area contributed by atoms with Crippen LogP contribution < -0.4 is 16.4 Å². The van der Waals surface area contributed by atoms with Crippen LogP contribution in [0.1, 0.15) is 48.5 Å². The number of fused-ring (bicyclic) bond motifs is 1. The monoisotopic (exact) mass is 496 g/mol. The molecule has 0 radical (unpaired) electrons. The van der Waals surface area contributed by atoms with Crippen LogP contribution in [0.25, 0.3) is 22.2 Å². The fourth-order valence-electron chi connectivity index (χ4n) is 5.04. The first-order valence-electron chi connectivity index (χ1n) is 12.9. The quantitative estimate of drug-likeness (QED) is 0.332. The van der Waals surface area contributed by atoms with Crippen molar-refractivity contribution in [2.24, 2.45) is 11.7 Å². The summed E-state index contributed by atoms with van der Waals surface area (Å²) in [5, 5.41) is 11.9. The Balaban J connectivity index is 1.33. The van der Waals surface area contributed by atoms with Crippen molar-refractivity contribution >= 4 is 28.5 Å². The molecular formula is C29H32N6O2. The Morgan fingerprint density at radius 3 is 2.35 bits per heavy atom. The summed E-state index contributed by atoms with van der Waals surface area (Å²) in [6.45, 7) is 3.10. The second-order valence-corrected chi connectivity index (χ2v) is 9.59. The van der Waals surface area contributed by atoms with E-state index in [0.29, 0.717) is 18.7 Å². The minimum Gasteiger partial charge on any atom is -0.381 e. The van der Waals surface area contributed by atoms with Crippen LogP contribution in [0.5, 0.6) is 0 Å². The van der Waals surface area contributed by atoms with Gasteiger partial charge in [0.15, 0.2) is 5.65 Å². The molecule has 0 bridgehead atoms. The number of hydrogen-bond acceptors (Lipinski definition) is 5. The van der Waals surface area contributed by atoms with Crippen LogP contribution in [0.15, 0.2) is 67.0 Å². The fraction of sp³-hybridized carbons (Fsp3) is 0.310. The number of rotatable bonds is 8. The van der Waals surface area contributed by atoms with Crippen LogP contribution in [0, 0.1) is 5.92 Å². The zero-order valence-electron chi connectivity index (χ0n) is 21.0. The number of anilines is 1. The Labute approximate surface area is 216 Å². The van der Waals surface area contributed by atoms with Gasteiger partial charge in [-0.1, -0.05) is 54.6 Å². The van der Waals surface area contributed by atoms with Gasteiger partial charge in [-0.3, -0.25) is 9.59 Å². The third-order valence-corrected chi connectivity index (χ3v) is 7.20. The van der Waals surface area contributed by atoms with Gasteiger partial charge in [-0.15, -0.1) is 0 Å². The van der Waals surface area contributed by atoms with Crippen molar-refractivity contribution in [3.63, 3.8) is 0 Å². The predicted molar refractivity (Wildman–Crippen MR) is 145 cm³/mol. The van der Waals surface area contributed by atoms with Crippen LogP contribution in [-0.4, -0.2) is 32.6 Å². The second kappa shape index (κ2) is 10.8. The number of hydrogen-bond donors (Lipinski definition) is 3. The summed E-state index contributed by atoms with van der Waals surface area (Å²) in [4.78, 5) is 29.5. The number of nitrogens with two attached hydrogens (primary N) is 1. The van der Waals surface area contributed by atoms with Gasteiger partial charge in [-0.25, -0.2) is 9.67 Å². The number of primary amides is 1. The maximum atomic E-state index is 13.4. The average molecular weight is 497 g/mol. The molecule has 0 saturated heterocycles. The highest BCUT2D eigenvalue weighted by molar-refractivity contribution is 6.06. The van der Waals surface area contributed by atoms with Crippen molar-refractivity contribution in [1.82, 2.24) is 20.1 Å². The highest BCUT2D eigenvalue weighted by Crippen LogP contribution is 2.31. The lowest BCUT2D eigenvalue weighted by Gasteiger charge is -2.29. The fourth-order valence-corrected chi connectivity index (χ4v) is 5.04. The van der Waals surface area contributed by atoms with E-state index in [1.54, 1.807) is 12.4 Å². The Morgan fingerprint density at radius 1 is 0.973 bits per heavy atom. The SMILES string of the molecule is CCn1ncc2c(NC3CCC(C(N)=O)CC3)c(C(=O)NCc3ccc(-c4ccccc4)cc3)cnc21. The highest BCUT2D eigenvalue weighted by atomic mass is 16.2. The lowest BCUT2D eigenvalue weighted by atomic mass is 9.85. The first kappa shape index (κ1) is 24.5. The molecule has 8 heteroatoms. The summed E-state index contributed by atoms with van der Waals surface area (Å²) < 4.78 is 1.82. The molecule has 0 unspecified atom stereocenters. The third kappa shape index (κ3) is 5.33. The Kier molecular flexibility index (Phi) is 7.16. The first-order valence-corrected chi connectivity index (χ1v) is 12.9. The van der Waals surface area contributed by atoms with Gasteiger partial charge in [0.2, 0.25) is 5.91 Å². The molecule has 1 saturated carbocycles. The summed E-state index contributed by atoms with van der Waals surface area (Å²) in [5.41, 5.74) is 10.8. The van der Waals surface area contributed by atoms with E-state index in [1.807, 2.05) is 41.9 Å². The minimum atomic E-state index is -0.231. The van der Waals surface area contributed by atoms with Gasteiger partial charge in [0.25, 0.3) is 5.91 Å². The molecule has 37 heavy (non-hydrogen) atoms. The standard InChI is InChI=1S/C29H32N6O2/c1-2-35-28-24(18-33-35)26(34-23-14-12-22(13-15-23)27(30)36)25(17-31-28)29(37)32-16-19-8-10-21(11-9-19)20-6-4-3-5-7-20/h3-11,17-18,22-23H,2,12-16H2,1H3,(H2,30,36)(H,31,34)(H,32,37). The van der Waals surface area contributed by atoms with E-state index in [9.17, 15) is 9.59 Å². The number of benzene rings is 2. The number of aryl methyl sites for hydroxylation is 1. The Bertz CT molecular complexity index is 1390. The van der Waals surface area contributed by atoms with Crippen molar-refractivity contribution in [2.45, 2.75) is 51.7 Å². The number of aromatic nitrogens is 3. The summed E-state index contributed by atoms with van der Waals surface area (Å²) in [6.07, 6.45) is 6.51. The normalized spacial score (nSPS) is 17.4. The van der Waals surface area contributed by atoms with E-state index in [2.05, 4.69) is 45.0 Å². The first-order chi connectivity index (χ1) is 18.0. The van der Waals surface area contributed by atoms with Gasteiger partial charge in [-0.05, 0) is 49.3 Å². The summed E-state index contributed by atoms with van der Waals surface area (Å²) in [7, 11) is 0. The molecule has 4 N–H and O–H groups in total. The smallest absolute Gasteiger partial charge is 0.255 e. The summed E-state index contributed by atoms with van der Waals surface area (Å²) >= 11 is 0. The lowest BCUT2D eigenvalue weighted by molar-refractivity contribution is -0.122. The minimum absolute atomic E-state index is 0.0746. The highest BCUT2D eigenvalue weighted by Gasteiger charge is 2.27. The molecule has 0 aliphatic heterocycles. The van der Waals surface area contributed by atoms with Crippen molar-refractivity contribution in [3.05, 3.63) is 78.1 Å². The summed E-state index contributed by atoms with van der Waals surface area (Å²) in [5.74, 6) is -0.501.